The largest absolute Gasteiger partial charge is 0.373 e. The Morgan fingerprint density at radius 3 is 2.09 bits per heavy atom. The van der Waals surface area contributed by atoms with Crippen LogP contribution < -0.4 is 0 Å². The first-order valence-electron chi connectivity index (χ1n) is 8.64. The quantitative estimate of drug-likeness (QED) is 0.348. The lowest BCUT2D eigenvalue weighted by atomic mass is 10.1. The van der Waals surface area contributed by atoms with Crippen molar-refractivity contribution in [3.8, 4) is 0 Å². The molecule has 0 aliphatic heterocycles. The van der Waals surface area contributed by atoms with E-state index in [0.29, 0.717) is 13.2 Å². The Bertz CT molecular complexity index is 516. The highest BCUT2D eigenvalue weighted by Crippen LogP contribution is 2.11. The Labute approximate surface area is 142 Å². The maximum Gasteiger partial charge on any atom is 0.0721 e. The zero-order valence-electron chi connectivity index (χ0n) is 15.3. The topological polar surface area (TPSA) is 9.23 Å². The lowest BCUT2D eigenvalue weighted by molar-refractivity contribution is 0.148. The second-order valence-corrected chi connectivity index (χ2v) is 6.46. The summed E-state index contributed by atoms with van der Waals surface area (Å²) in [5, 5.41) is 0. The first kappa shape index (κ1) is 19.4. The fraction of sp³-hybridized carbons (Fsp3) is 0.455. The van der Waals surface area contributed by atoms with Crippen LogP contribution in [0.3, 0.4) is 0 Å². The van der Waals surface area contributed by atoms with Gasteiger partial charge in [0.2, 0.25) is 0 Å². The van der Waals surface area contributed by atoms with Gasteiger partial charge < -0.3 is 4.74 Å². The molecule has 126 valence electrons. The molecule has 0 saturated carbocycles. The van der Waals surface area contributed by atoms with Crippen LogP contribution in [0.2, 0.25) is 0 Å². The molecular formula is C22H32O. The average Bonchev–Trinajstić information content (AvgIpc) is 2.52. The smallest absolute Gasteiger partial charge is 0.0721 e. The highest BCUT2D eigenvalue weighted by atomic mass is 16.5. The van der Waals surface area contributed by atoms with Crippen LogP contribution in [0.25, 0.3) is 0 Å². The van der Waals surface area contributed by atoms with Crippen molar-refractivity contribution in [3.63, 3.8) is 0 Å². The minimum atomic E-state index is 0.688. The van der Waals surface area contributed by atoms with E-state index in [0.717, 1.165) is 19.3 Å². The summed E-state index contributed by atoms with van der Waals surface area (Å²) in [6, 6.07) is 10.3. The van der Waals surface area contributed by atoms with E-state index < -0.39 is 0 Å². The number of hydrogen-bond donors (Lipinski definition) is 0. The number of ether oxygens (including phenoxy) is 1. The van der Waals surface area contributed by atoms with Gasteiger partial charge in [-0.1, -0.05) is 65.3 Å². The average molecular weight is 312 g/mol. The van der Waals surface area contributed by atoms with Crippen molar-refractivity contribution in [2.24, 2.45) is 0 Å². The van der Waals surface area contributed by atoms with Gasteiger partial charge in [0, 0.05) is 0 Å². The van der Waals surface area contributed by atoms with E-state index >= 15 is 0 Å². The molecule has 0 heterocycles. The standard InChI is InChI=1S/C22H32O/c1-19(2)10-8-11-20(3)12-9-13-21(4)16-17-23-18-22-14-6-5-7-15-22/h5-7,10,12,14-16H,8-9,11,13,17-18H2,1-4H3. The van der Waals surface area contributed by atoms with Crippen molar-refractivity contribution in [3.05, 3.63) is 70.8 Å². The molecule has 0 spiro atoms. The van der Waals surface area contributed by atoms with Crippen molar-refractivity contribution >= 4 is 0 Å². The number of hydrogen-bond acceptors (Lipinski definition) is 1. The van der Waals surface area contributed by atoms with Gasteiger partial charge in [-0.2, -0.15) is 0 Å². The number of rotatable bonds is 10. The molecule has 0 N–H and O–H groups in total. The van der Waals surface area contributed by atoms with Gasteiger partial charge >= 0.3 is 0 Å². The molecule has 0 unspecified atom stereocenters. The Hall–Kier alpha value is -1.60. The fourth-order valence-corrected chi connectivity index (χ4v) is 2.29. The minimum Gasteiger partial charge on any atom is -0.373 e. The zero-order chi connectivity index (χ0) is 16.9. The summed E-state index contributed by atoms with van der Waals surface area (Å²) >= 11 is 0. The summed E-state index contributed by atoms with van der Waals surface area (Å²) in [6.07, 6.45) is 11.5. The van der Waals surface area contributed by atoms with Gasteiger partial charge in [-0.3, -0.25) is 0 Å². The molecule has 1 aromatic carbocycles. The van der Waals surface area contributed by atoms with E-state index in [-0.39, 0.29) is 0 Å². The van der Waals surface area contributed by atoms with Gasteiger partial charge in [-0.05, 0) is 58.9 Å². The summed E-state index contributed by atoms with van der Waals surface area (Å²) < 4.78 is 5.70. The van der Waals surface area contributed by atoms with Crippen LogP contribution in [0.1, 0.15) is 58.9 Å². The third-order valence-electron chi connectivity index (χ3n) is 3.78. The van der Waals surface area contributed by atoms with Crippen LogP contribution >= 0.6 is 0 Å². The second kappa shape index (κ2) is 11.9. The van der Waals surface area contributed by atoms with E-state index in [9.17, 15) is 0 Å². The van der Waals surface area contributed by atoms with Crippen molar-refractivity contribution < 1.29 is 4.74 Å². The monoisotopic (exact) mass is 312 g/mol. The van der Waals surface area contributed by atoms with Crippen LogP contribution in [0.5, 0.6) is 0 Å². The zero-order valence-corrected chi connectivity index (χ0v) is 15.3. The predicted molar refractivity (Wildman–Crippen MR) is 102 cm³/mol. The Morgan fingerprint density at radius 1 is 0.826 bits per heavy atom. The summed E-state index contributed by atoms with van der Waals surface area (Å²) in [6.45, 7) is 10.1. The summed E-state index contributed by atoms with van der Waals surface area (Å²) in [4.78, 5) is 0. The first-order valence-corrected chi connectivity index (χ1v) is 8.64. The maximum atomic E-state index is 5.70. The molecule has 0 amide bonds. The highest BCUT2D eigenvalue weighted by Gasteiger charge is 1.93. The summed E-state index contributed by atoms with van der Waals surface area (Å²) in [5.74, 6) is 0. The van der Waals surface area contributed by atoms with Crippen molar-refractivity contribution in [1.82, 2.24) is 0 Å². The summed E-state index contributed by atoms with van der Waals surface area (Å²) in [5.41, 5.74) is 5.54. The van der Waals surface area contributed by atoms with Crippen LogP contribution in [0.15, 0.2) is 65.3 Å². The van der Waals surface area contributed by atoms with Crippen molar-refractivity contribution in [1.29, 1.82) is 0 Å². The molecular weight excluding hydrogens is 280 g/mol. The molecule has 0 saturated heterocycles. The molecule has 23 heavy (non-hydrogen) atoms. The van der Waals surface area contributed by atoms with Gasteiger partial charge in [0.05, 0.1) is 13.2 Å². The first-order chi connectivity index (χ1) is 11.1. The Morgan fingerprint density at radius 2 is 1.43 bits per heavy atom. The second-order valence-electron chi connectivity index (χ2n) is 6.46. The molecule has 0 atom stereocenters. The molecule has 0 bridgehead atoms. The lowest BCUT2D eigenvalue weighted by Crippen LogP contribution is -1.93. The molecule has 1 rings (SSSR count). The molecule has 1 heteroatoms. The number of allylic oxidation sites excluding steroid dienone is 5. The Balaban J connectivity index is 2.17. The Kier molecular flexibility index (Phi) is 10.1. The van der Waals surface area contributed by atoms with Crippen LogP contribution in [0, 0.1) is 0 Å². The highest BCUT2D eigenvalue weighted by molar-refractivity contribution is 5.13. The summed E-state index contributed by atoms with van der Waals surface area (Å²) in [7, 11) is 0. The van der Waals surface area contributed by atoms with Crippen molar-refractivity contribution in [2.45, 2.75) is 60.0 Å². The van der Waals surface area contributed by atoms with Gasteiger partial charge in [0.1, 0.15) is 0 Å². The van der Waals surface area contributed by atoms with Crippen LogP contribution in [0.4, 0.5) is 0 Å². The number of benzene rings is 1. The van der Waals surface area contributed by atoms with Gasteiger partial charge in [-0.15, -0.1) is 0 Å². The van der Waals surface area contributed by atoms with Crippen LogP contribution in [-0.2, 0) is 11.3 Å². The van der Waals surface area contributed by atoms with E-state index in [2.05, 4.69) is 58.1 Å². The third kappa shape index (κ3) is 10.7. The fourth-order valence-electron chi connectivity index (χ4n) is 2.29. The van der Waals surface area contributed by atoms with E-state index in [1.807, 2.05) is 18.2 Å². The minimum absolute atomic E-state index is 0.688. The van der Waals surface area contributed by atoms with E-state index in [1.165, 1.54) is 28.7 Å². The lowest BCUT2D eigenvalue weighted by Gasteiger charge is -2.03. The molecule has 0 aliphatic rings. The third-order valence-corrected chi connectivity index (χ3v) is 3.78. The van der Waals surface area contributed by atoms with Gasteiger partial charge in [-0.25, -0.2) is 0 Å². The van der Waals surface area contributed by atoms with E-state index in [1.54, 1.807) is 0 Å². The van der Waals surface area contributed by atoms with Crippen molar-refractivity contribution in [2.75, 3.05) is 6.61 Å². The van der Waals surface area contributed by atoms with Gasteiger partial charge in [0.15, 0.2) is 0 Å². The predicted octanol–water partition coefficient (Wildman–Crippen LogP) is 6.62. The van der Waals surface area contributed by atoms with Gasteiger partial charge in [0.25, 0.3) is 0 Å². The SMILES string of the molecule is CC(C)=CCCC(C)=CCCC(C)=CCOCc1ccccc1. The molecule has 1 nitrogen and oxygen atoms in total. The molecule has 1 aromatic rings. The normalized spacial score (nSPS) is 12.3. The van der Waals surface area contributed by atoms with Crippen LogP contribution in [-0.4, -0.2) is 6.61 Å². The molecule has 0 aromatic heterocycles. The maximum absolute atomic E-state index is 5.70. The van der Waals surface area contributed by atoms with E-state index in [4.69, 9.17) is 4.74 Å². The molecule has 0 aliphatic carbocycles. The molecule has 0 fully saturated rings. The molecule has 0 radical (unpaired) electrons.